The van der Waals surface area contributed by atoms with Crippen LogP contribution in [0.2, 0.25) is 0 Å². The van der Waals surface area contributed by atoms with Gasteiger partial charge in [0.25, 0.3) is 0 Å². The molecule has 0 saturated carbocycles. The first-order chi connectivity index (χ1) is 15.4. The SMILES string of the molecule is Cc1ccc(C)c(N2COc3c(cc4c(C)c(Cc5ccccc5)c(=O)oc4c3C)C2)c1. The Labute approximate surface area is 188 Å². The fourth-order valence-corrected chi connectivity index (χ4v) is 4.66. The molecule has 0 aliphatic carbocycles. The minimum absolute atomic E-state index is 0.269. The van der Waals surface area contributed by atoms with Gasteiger partial charge in [0, 0.05) is 40.7 Å². The third-order valence-electron chi connectivity index (χ3n) is 6.49. The number of benzene rings is 3. The second kappa shape index (κ2) is 7.86. The van der Waals surface area contributed by atoms with Gasteiger partial charge < -0.3 is 14.1 Å². The smallest absolute Gasteiger partial charge is 0.340 e. The largest absolute Gasteiger partial charge is 0.472 e. The standard InChI is InChI=1S/C28H27NO3/c1-17-10-11-18(2)25(12-17)29-15-22-14-23-19(3)24(13-21-8-6-5-7-9-21)28(30)32-27(23)20(4)26(22)31-16-29/h5-12,14H,13,15-16H2,1-4H3. The predicted molar refractivity (Wildman–Crippen MR) is 129 cm³/mol. The number of nitrogens with zero attached hydrogens (tertiary/aromatic N) is 1. The van der Waals surface area contributed by atoms with Crippen LogP contribution in [0.15, 0.2) is 63.8 Å². The van der Waals surface area contributed by atoms with E-state index in [0.29, 0.717) is 24.3 Å². The van der Waals surface area contributed by atoms with Crippen LogP contribution >= 0.6 is 0 Å². The van der Waals surface area contributed by atoms with Crippen LogP contribution in [0.5, 0.6) is 5.75 Å². The fourth-order valence-electron chi connectivity index (χ4n) is 4.66. The molecule has 4 heteroatoms. The molecule has 0 fully saturated rings. The van der Waals surface area contributed by atoms with Crippen LogP contribution in [0.3, 0.4) is 0 Å². The Kier molecular flexibility index (Phi) is 5.01. The summed E-state index contributed by atoms with van der Waals surface area (Å²) in [4.78, 5) is 15.1. The number of ether oxygens (including phenoxy) is 1. The van der Waals surface area contributed by atoms with Gasteiger partial charge >= 0.3 is 5.63 Å². The molecule has 0 N–H and O–H groups in total. The van der Waals surface area contributed by atoms with E-state index in [1.54, 1.807) is 0 Å². The highest BCUT2D eigenvalue weighted by atomic mass is 16.5. The molecule has 162 valence electrons. The van der Waals surface area contributed by atoms with Crippen molar-refractivity contribution in [1.29, 1.82) is 0 Å². The van der Waals surface area contributed by atoms with Crippen molar-refractivity contribution in [3.63, 3.8) is 0 Å². The van der Waals surface area contributed by atoms with Crippen molar-refractivity contribution in [2.45, 2.75) is 40.7 Å². The van der Waals surface area contributed by atoms with Gasteiger partial charge in [-0.1, -0.05) is 42.5 Å². The summed E-state index contributed by atoms with van der Waals surface area (Å²) in [6.45, 7) is 9.47. The maximum atomic E-state index is 12.9. The Morgan fingerprint density at radius 2 is 1.72 bits per heavy atom. The van der Waals surface area contributed by atoms with E-state index in [2.05, 4.69) is 43.0 Å². The minimum atomic E-state index is -0.269. The van der Waals surface area contributed by atoms with E-state index < -0.39 is 0 Å². The van der Waals surface area contributed by atoms with Gasteiger partial charge in [0.15, 0.2) is 6.73 Å². The van der Waals surface area contributed by atoms with Gasteiger partial charge in [-0.05, 0) is 62.1 Å². The molecule has 1 aliphatic rings. The third-order valence-corrected chi connectivity index (χ3v) is 6.49. The summed E-state index contributed by atoms with van der Waals surface area (Å²) in [7, 11) is 0. The summed E-state index contributed by atoms with van der Waals surface area (Å²) >= 11 is 0. The van der Waals surface area contributed by atoms with Crippen molar-refractivity contribution in [3.8, 4) is 5.75 Å². The van der Waals surface area contributed by atoms with E-state index >= 15 is 0 Å². The number of rotatable bonds is 3. The molecule has 0 radical (unpaired) electrons. The monoisotopic (exact) mass is 425 g/mol. The predicted octanol–water partition coefficient (Wildman–Crippen LogP) is 5.97. The van der Waals surface area contributed by atoms with E-state index in [-0.39, 0.29) is 5.63 Å². The summed E-state index contributed by atoms with van der Waals surface area (Å²) < 4.78 is 12.0. The van der Waals surface area contributed by atoms with Crippen molar-refractivity contribution in [2.75, 3.05) is 11.6 Å². The lowest BCUT2D eigenvalue weighted by molar-refractivity contribution is 0.287. The van der Waals surface area contributed by atoms with Gasteiger partial charge in [0.05, 0.1) is 0 Å². The molecule has 0 amide bonds. The molecule has 0 bridgehead atoms. The molecular weight excluding hydrogens is 398 g/mol. The normalized spacial score (nSPS) is 13.2. The van der Waals surface area contributed by atoms with Gasteiger partial charge in [-0.15, -0.1) is 0 Å². The van der Waals surface area contributed by atoms with Crippen molar-refractivity contribution >= 4 is 16.7 Å². The molecular formula is C28H27NO3. The molecule has 0 spiro atoms. The van der Waals surface area contributed by atoms with Gasteiger partial charge in [-0.2, -0.15) is 0 Å². The van der Waals surface area contributed by atoms with Crippen LogP contribution in [0.25, 0.3) is 11.0 Å². The lowest BCUT2D eigenvalue weighted by atomic mass is 9.96. The van der Waals surface area contributed by atoms with Crippen LogP contribution in [-0.2, 0) is 13.0 Å². The van der Waals surface area contributed by atoms with Crippen molar-refractivity contribution in [2.24, 2.45) is 0 Å². The summed E-state index contributed by atoms with van der Waals surface area (Å²) in [6, 6.07) is 18.7. The second-order valence-corrected chi connectivity index (χ2v) is 8.78. The summed E-state index contributed by atoms with van der Waals surface area (Å²) in [5.41, 5.74) is 8.81. The van der Waals surface area contributed by atoms with Crippen molar-refractivity contribution < 1.29 is 9.15 Å². The summed E-state index contributed by atoms with van der Waals surface area (Å²) in [5.74, 6) is 0.831. The highest BCUT2D eigenvalue weighted by molar-refractivity contribution is 5.87. The van der Waals surface area contributed by atoms with Crippen LogP contribution in [0.1, 0.15) is 38.9 Å². The van der Waals surface area contributed by atoms with Gasteiger partial charge in [0.2, 0.25) is 0 Å². The minimum Gasteiger partial charge on any atom is -0.472 e. The Morgan fingerprint density at radius 1 is 0.938 bits per heavy atom. The molecule has 0 saturated heterocycles. The Morgan fingerprint density at radius 3 is 2.50 bits per heavy atom. The first-order valence-electron chi connectivity index (χ1n) is 11.0. The lowest BCUT2D eigenvalue weighted by Gasteiger charge is -2.33. The van der Waals surface area contributed by atoms with E-state index in [1.165, 1.54) is 16.8 Å². The van der Waals surface area contributed by atoms with Gasteiger partial charge in [-0.3, -0.25) is 0 Å². The van der Waals surface area contributed by atoms with Crippen molar-refractivity contribution in [3.05, 3.63) is 104 Å². The molecule has 3 aromatic carbocycles. The zero-order chi connectivity index (χ0) is 22.4. The molecule has 1 aliphatic heterocycles. The zero-order valence-electron chi connectivity index (χ0n) is 19.0. The highest BCUT2D eigenvalue weighted by Gasteiger charge is 2.24. The zero-order valence-corrected chi connectivity index (χ0v) is 19.0. The Hall–Kier alpha value is -3.53. The molecule has 32 heavy (non-hydrogen) atoms. The molecule has 0 unspecified atom stereocenters. The average Bonchev–Trinajstić information content (AvgIpc) is 2.80. The fraction of sp³-hybridized carbons (Fsp3) is 0.250. The van der Waals surface area contributed by atoms with Gasteiger partial charge in [0.1, 0.15) is 11.3 Å². The third kappa shape index (κ3) is 3.46. The van der Waals surface area contributed by atoms with Crippen LogP contribution in [0, 0.1) is 27.7 Å². The van der Waals surface area contributed by atoms with E-state index in [9.17, 15) is 4.79 Å². The number of anilines is 1. The van der Waals surface area contributed by atoms with E-state index in [0.717, 1.165) is 39.9 Å². The number of fused-ring (bicyclic) bond motifs is 2. The summed E-state index contributed by atoms with van der Waals surface area (Å²) in [6.07, 6.45) is 0.562. The molecule has 2 heterocycles. The second-order valence-electron chi connectivity index (χ2n) is 8.78. The first kappa shape index (κ1) is 20.4. The van der Waals surface area contributed by atoms with E-state index in [4.69, 9.17) is 9.15 Å². The Balaban J connectivity index is 1.60. The molecule has 1 aromatic heterocycles. The van der Waals surface area contributed by atoms with Crippen molar-refractivity contribution in [1.82, 2.24) is 0 Å². The molecule has 4 nitrogen and oxygen atoms in total. The van der Waals surface area contributed by atoms with Gasteiger partial charge in [-0.25, -0.2) is 4.79 Å². The first-order valence-corrected chi connectivity index (χ1v) is 11.0. The molecule has 5 rings (SSSR count). The molecule has 0 atom stereocenters. The maximum absolute atomic E-state index is 12.9. The number of hydrogen-bond donors (Lipinski definition) is 0. The topological polar surface area (TPSA) is 42.7 Å². The van der Waals surface area contributed by atoms with Crippen LogP contribution in [-0.4, -0.2) is 6.73 Å². The van der Waals surface area contributed by atoms with Crippen LogP contribution in [0.4, 0.5) is 5.69 Å². The molecule has 4 aromatic rings. The highest BCUT2D eigenvalue weighted by Crippen LogP contribution is 2.38. The lowest BCUT2D eigenvalue weighted by Crippen LogP contribution is -2.32. The van der Waals surface area contributed by atoms with Crippen LogP contribution < -0.4 is 15.3 Å². The maximum Gasteiger partial charge on any atom is 0.340 e. The summed E-state index contributed by atoms with van der Waals surface area (Å²) in [5, 5.41) is 0.984. The quantitative estimate of drug-likeness (QED) is 0.379. The van der Waals surface area contributed by atoms with E-state index in [1.807, 2.05) is 44.2 Å². The Bertz CT molecular complexity index is 1390. The average molecular weight is 426 g/mol. The number of hydrogen-bond acceptors (Lipinski definition) is 4. The number of aryl methyl sites for hydroxylation is 4.